The number of hydrogen-bond donors (Lipinski definition) is 0. The average Bonchev–Trinajstić information content (AvgIpc) is 2.17. The van der Waals surface area contributed by atoms with Gasteiger partial charge in [0.05, 0.1) is 16.5 Å². The summed E-state index contributed by atoms with van der Waals surface area (Å²) in [5, 5.41) is 9.00. The first-order valence-electron chi connectivity index (χ1n) is 4.46. The minimum Gasteiger partial charge on any atom is -0.300 e. The third kappa shape index (κ3) is 1.42. The van der Waals surface area contributed by atoms with E-state index in [0.717, 1.165) is 0 Å². The number of Topliss-reactive ketones (excluding diaryl/α,β-unsaturated/α-hetero) is 1. The molecule has 0 aromatic heterocycles. The molecule has 0 spiro atoms. The molecule has 1 aliphatic carbocycles. The van der Waals surface area contributed by atoms with Crippen LogP contribution in [0.3, 0.4) is 0 Å². The Balaban J connectivity index is 2.50. The predicted molar refractivity (Wildman–Crippen MR) is 52.9 cm³/mol. The van der Waals surface area contributed by atoms with Crippen LogP contribution in [-0.4, -0.2) is 5.78 Å². The molecular formula is C11H7ClFNO. The molecule has 2 rings (SSSR count). The molecule has 0 radical (unpaired) electrons. The van der Waals surface area contributed by atoms with Crippen LogP contribution in [0.15, 0.2) is 18.2 Å². The van der Waals surface area contributed by atoms with E-state index in [1.54, 1.807) is 6.07 Å². The molecule has 0 heterocycles. The van der Waals surface area contributed by atoms with Gasteiger partial charge < -0.3 is 0 Å². The molecule has 2 nitrogen and oxygen atoms in total. The molecule has 1 fully saturated rings. The van der Waals surface area contributed by atoms with Crippen LogP contribution in [0.5, 0.6) is 0 Å². The van der Waals surface area contributed by atoms with E-state index in [1.165, 1.54) is 12.1 Å². The van der Waals surface area contributed by atoms with Gasteiger partial charge in [0, 0.05) is 18.4 Å². The van der Waals surface area contributed by atoms with Crippen molar-refractivity contribution in [2.24, 2.45) is 0 Å². The van der Waals surface area contributed by atoms with Crippen molar-refractivity contribution in [3.05, 3.63) is 34.6 Å². The van der Waals surface area contributed by atoms with Crippen molar-refractivity contribution in [2.45, 2.75) is 18.3 Å². The van der Waals surface area contributed by atoms with Crippen LogP contribution < -0.4 is 0 Å². The molecule has 1 aromatic carbocycles. The highest BCUT2D eigenvalue weighted by atomic mass is 35.5. The highest BCUT2D eigenvalue weighted by molar-refractivity contribution is 6.30. The Morgan fingerprint density at radius 2 is 2.13 bits per heavy atom. The Morgan fingerprint density at radius 1 is 1.47 bits per heavy atom. The van der Waals surface area contributed by atoms with Crippen LogP contribution in [0.4, 0.5) is 4.39 Å². The number of ketones is 1. The van der Waals surface area contributed by atoms with Crippen molar-refractivity contribution in [1.82, 2.24) is 0 Å². The molecule has 1 saturated carbocycles. The molecule has 0 unspecified atom stereocenters. The number of nitrogens with zero attached hydrogens (tertiary/aromatic N) is 1. The largest absolute Gasteiger partial charge is 0.300 e. The zero-order valence-corrected chi connectivity index (χ0v) is 8.51. The van der Waals surface area contributed by atoms with E-state index < -0.39 is 11.2 Å². The Labute approximate surface area is 91.3 Å². The summed E-state index contributed by atoms with van der Waals surface area (Å²) in [5.74, 6) is -0.607. The lowest BCUT2D eigenvalue weighted by molar-refractivity contribution is -0.126. The van der Waals surface area contributed by atoms with Gasteiger partial charge in [-0.25, -0.2) is 4.39 Å². The standard InChI is InChI=1S/C11H7ClFNO/c12-9-3-1-2-8(10(9)13)11(6-14)4-7(15)5-11/h1-3H,4-5H2. The van der Waals surface area contributed by atoms with Gasteiger partial charge >= 0.3 is 0 Å². The second-order valence-electron chi connectivity index (χ2n) is 3.69. The number of nitriles is 1. The lowest BCUT2D eigenvalue weighted by Crippen LogP contribution is -2.41. The first-order valence-corrected chi connectivity index (χ1v) is 4.84. The first-order chi connectivity index (χ1) is 7.09. The lowest BCUT2D eigenvalue weighted by atomic mass is 9.64. The van der Waals surface area contributed by atoms with Crippen LogP contribution in [-0.2, 0) is 10.2 Å². The van der Waals surface area contributed by atoms with Crippen molar-refractivity contribution in [3.63, 3.8) is 0 Å². The lowest BCUT2D eigenvalue weighted by Gasteiger charge is -2.34. The van der Waals surface area contributed by atoms with Crippen molar-refractivity contribution in [3.8, 4) is 6.07 Å². The highest BCUT2D eigenvalue weighted by Gasteiger charge is 2.47. The number of carbonyl (C=O) groups excluding carboxylic acids is 1. The third-order valence-corrected chi connectivity index (χ3v) is 2.97. The quantitative estimate of drug-likeness (QED) is 0.734. The molecule has 15 heavy (non-hydrogen) atoms. The molecule has 0 bridgehead atoms. The number of benzene rings is 1. The molecule has 4 heteroatoms. The SMILES string of the molecule is N#CC1(c2cccc(Cl)c2F)CC(=O)C1. The summed E-state index contributed by atoms with van der Waals surface area (Å²) in [5.41, 5.74) is -0.761. The molecular weight excluding hydrogens is 217 g/mol. The van der Waals surface area contributed by atoms with Crippen molar-refractivity contribution in [2.75, 3.05) is 0 Å². The summed E-state index contributed by atoms with van der Waals surface area (Å²) in [4.78, 5) is 10.9. The maximum Gasteiger partial charge on any atom is 0.146 e. The van der Waals surface area contributed by atoms with E-state index in [9.17, 15) is 9.18 Å². The van der Waals surface area contributed by atoms with Crippen molar-refractivity contribution >= 4 is 17.4 Å². The van der Waals surface area contributed by atoms with Gasteiger partial charge in [0.1, 0.15) is 11.6 Å². The fraction of sp³-hybridized carbons (Fsp3) is 0.273. The topological polar surface area (TPSA) is 40.9 Å². The van der Waals surface area contributed by atoms with E-state index in [0.29, 0.717) is 0 Å². The number of halogens is 2. The molecule has 0 atom stereocenters. The Morgan fingerprint density at radius 3 is 2.67 bits per heavy atom. The molecule has 0 aliphatic heterocycles. The van der Waals surface area contributed by atoms with Gasteiger partial charge in [0.2, 0.25) is 0 Å². The summed E-state index contributed by atoms with van der Waals surface area (Å²) in [6, 6.07) is 6.53. The Hall–Kier alpha value is -1.40. The van der Waals surface area contributed by atoms with Crippen LogP contribution >= 0.6 is 11.6 Å². The number of carbonyl (C=O) groups is 1. The number of hydrogen-bond acceptors (Lipinski definition) is 2. The summed E-state index contributed by atoms with van der Waals surface area (Å²) in [6.45, 7) is 0. The Kier molecular flexibility index (Phi) is 2.24. The number of rotatable bonds is 1. The van der Waals surface area contributed by atoms with Crippen LogP contribution in [0.1, 0.15) is 18.4 Å². The van der Waals surface area contributed by atoms with Gasteiger partial charge in [-0.3, -0.25) is 4.79 Å². The maximum atomic E-state index is 13.6. The summed E-state index contributed by atoms with van der Waals surface area (Å²) in [7, 11) is 0. The fourth-order valence-corrected chi connectivity index (χ4v) is 2.00. The van der Waals surface area contributed by atoms with Gasteiger partial charge in [0.25, 0.3) is 0 Å². The van der Waals surface area contributed by atoms with E-state index in [1.807, 2.05) is 6.07 Å². The average molecular weight is 224 g/mol. The predicted octanol–water partition coefficient (Wildman–Crippen LogP) is 2.60. The summed E-state index contributed by atoms with van der Waals surface area (Å²) < 4.78 is 13.6. The minimum atomic E-state index is -0.994. The molecule has 76 valence electrons. The van der Waals surface area contributed by atoms with Crippen LogP contribution in [0, 0.1) is 17.1 Å². The second kappa shape index (κ2) is 3.32. The highest BCUT2D eigenvalue weighted by Crippen LogP contribution is 2.42. The van der Waals surface area contributed by atoms with Gasteiger partial charge in [-0.1, -0.05) is 23.7 Å². The molecule has 1 aliphatic rings. The fourth-order valence-electron chi connectivity index (χ4n) is 1.82. The summed E-state index contributed by atoms with van der Waals surface area (Å²) in [6.07, 6.45) is 0.168. The minimum absolute atomic E-state index is 0.0125. The summed E-state index contributed by atoms with van der Waals surface area (Å²) >= 11 is 5.62. The van der Waals surface area contributed by atoms with E-state index in [-0.39, 0.29) is 29.2 Å². The zero-order chi connectivity index (χ0) is 11.1. The Bertz CT molecular complexity index is 470. The molecule has 0 saturated heterocycles. The van der Waals surface area contributed by atoms with Crippen molar-refractivity contribution < 1.29 is 9.18 Å². The molecule has 0 N–H and O–H groups in total. The van der Waals surface area contributed by atoms with Crippen molar-refractivity contribution in [1.29, 1.82) is 5.26 Å². The van der Waals surface area contributed by atoms with Gasteiger partial charge in [-0.05, 0) is 6.07 Å². The van der Waals surface area contributed by atoms with E-state index in [4.69, 9.17) is 16.9 Å². The first kappa shape index (κ1) is 10.1. The second-order valence-corrected chi connectivity index (χ2v) is 4.09. The van der Waals surface area contributed by atoms with Gasteiger partial charge in [-0.2, -0.15) is 5.26 Å². The third-order valence-electron chi connectivity index (χ3n) is 2.68. The van der Waals surface area contributed by atoms with Crippen LogP contribution in [0.2, 0.25) is 5.02 Å². The molecule has 0 amide bonds. The normalized spacial score (nSPS) is 18.1. The maximum absolute atomic E-state index is 13.6. The monoisotopic (exact) mass is 223 g/mol. The van der Waals surface area contributed by atoms with Gasteiger partial charge in [0.15, 0.2) is 0 Å². The van der Waals surface area contributed by atoms with E-state index in [2.05, 4.69) is 0 Å². The zero-order valence-electron chi connectivity index (χ0n) is 7.76. The molecule has 1 aromatic rings. The van der Waals surface area contributed by atoms with E-state index >= 15 is 0 Å². The van der Waals surface area contributed by atoms with Crippen LogP contribution in [0.25, 0.3) is 0 Å². The van der Waals surface area contributed by atoms with Gasteiger partial charge in [-0.15, -0.1) is 0 Å². The smallest absolute Gasteiger partial charge is 0.146 e.